The molecule has 3 rings (SSSR count). The number of halogens is 1. The fourth-order valence-electron chi connectivity index (χ4n) is 3.22. The Bertz CT molecular complexity index is 923. The fraction of sp³-hybridized carbons (Fsp3) is 0.364. The highest BCUT2D eigenvalue weighted by molar-refractivity contribution is 6.32. The molecule has 0 radical (unpaired) electrons. The summed E-state index contributed by atoms with van der Waals surface area (Å²) in [5.74, 6) is 1.80. The van der Waals surface area contributed by atoms with E-state index in [1.54, 1.807) is 6.92 Å². The van der Waals surface area contributed by atoms with Gasteiger partial charge in [-0.15, -0.1) is 0 Å². The maximum atomic E-state index is 10.9. The van der Waals surface area contributed by atoms with Crippen LogP contribution in [0.3, 0.4) is 0 Å². The number of carbonyl (C=O) groups excluding carboxylic acids is 1. The van der Waals surface area contributed by atoms with Gasteiger partial charge in [0.15, 0.2) is 0 Å². The van der Waals surface area contributed by atoms with Crippen molar-refractivity contribution in [3.05, 3.63) is 59.4 Å². The minimum absolute atomic E-state index is 0.0281. The maximum Gasteiger partial charge on any atom is 0.216 e. The fourth-order valence-corrected chi connectivity index (χ4v) is 3.41. The summed E-state index contributed by atoms with van der Waals surface area (Å²) in [5.41, 5.74) is 2.13. The quantitative estimate of drug-likeness (QED) is 0.506. The van der Waals surface area contributed by atoms with Crippen molar-refractivity contribution in [3.63, 3.8) is 0 Å². The van der Waals surface area contributed by atoms with Gasteiger partial charge in [0, 0.05) is 19.9 Å². The molecular weight excluding hydrogens is 374 g/mol. The smallest absolute Gasteiger partial charge is 0.216 e. The van der Waals surface area contributed by atoms with Crippen molar-refractivity contribution in [1.29, 1.82) is 0 Å². The van der Waals surface area contributed by atoms with Crippen LogP contribution >= 0.6 is 11.6 Å². The molecule has 2 aromatic carbocycles. The first-order valence-electron chi connectivity index (χ1n) is 9.71. The Morgan fingerprint density at radius 2 is 1.89 bits per heavy atom. The van der Waals surface area contributed by atoms with Crippen LogP contribution in [-0.4, -0.2) is 28.6 Å². The number of fused-ring (bicyclic) bond motifs is 1. The largest absolute Gasteiger partial charge is 0.490 e. The molecule has 1 N–H and O–H groups in total. The van der Waals surface area contributed by atoms with E-state index in [1.807, 2.05) is 42.5 Å². The Balaban J connectivity index is 1.60. The van der Waals surface area contributed by atoms with E-state index in [-0.39, 0.29) is 5.91 Å². The molecule has 6 heteroatoms. The molecule has 0 aliphatic rings. The van der Waals surface area contributed by atoms with Gasteiger partial charge in [-0.1, -0.05) is 42.3 Å². The Morgan fingerprint density at radius 3 is 2.71 bits per heavy atom. The standard InChI is InChI=1S/C22H26ClN3O2/c1-17(27)24-14-8-2-3-13-22-25-19-10-5-6-11-20(19)26(22)15-16-28-21-12-7-4-9-18(21)23/h4-7,9-12H,2-3,8,13-16H2,1H3,(H,24,27). The number of benzene rings is 2. The predicted molar refractivity (Wildman–Crippen MR) is 113 cm³/mol. The number of nitrogens with one attached hydrogen (secondary N) is 1. The Hall–Kier alpha value is -2.53. The van der Waals surface area contributed by atoms with E-state index in [1.165, 1.54) is 0 Å². The number of ether oxygens (including phenoxy) is 1. The first-order valence-corrected chi connectivity index (χ1v) is 10.1. The van der Waals surface area contributed by atoms with Crippen LogP contribution in [0.1, 0.15) is 32.0 Å². The van der Waals surface area contributed by atoms with Crippen molar-refractivity contribution in [2.45, 2.75) is 39.2 Å². The van der Waals surface area contributed by atoms with Gasteiger partial charge in [0.05, 0.1) is 22.6 Å². The molecule has 3 aromatic rings. The maximum absolute atomic E-state index is 10.9. The lowest BCUT2D eigenvalue weighted by Gasteiger charge is -2.12. The van der Waals surface area contributed by atoms with Gasteiger partial charge in [-0.2, -0.15) is 0 Å². The number of amides is 1. The highest BCUT2D eigenvalue weighted by Gasteiger charge is 2.10. The van der Waals surface area contributed by atoms with Crippen molar-refractivity contribution >= 4 is 28.5 Å². The highest BCUT2D eigenvalue weighted by Crippen LogP contribution is 2.23. The number of para-hydroxylation sites is 3. The second kappa shape index (κ2) is 10.1. The normalized spacial score (nSPS) is 10.9. The van der Waals surface area contributed by atoms with Crippen LogP contribution in [0.4, 0.5) is 0 Å². The summed E-state index contributed by atoms with van der Waals surface area (Å²) in [5, 5.41) is 3.46. The number of hydrogen-bond acceptors (Lipinski definition) is 3. The number of hydrogen-bond donors (Lipinski definition) is 1. The minimum atomic E-state index is 0.0281. The van der Waals surface area contributed by atoms with Crippen molar-refractivity contribution in [2.24, 2.45) is 0 Å². The van der Waals surface area contributed by atoms with Gasteiger partial charge in [-0.3, -0.25) is 4.79 Å². The van der Waals surface area contributed by atoms with E-state index < -0.39 is 0 Å². The number of imidazole rings is 1. The lowest BCUT2D eigenvalue weighted by molar-refractivity contribution is -0.118. The topological polar surface area (TPSA) is 56.2 Å². The number of aryl methyl sites for hydroxylation is 1. The summed E-state index contributed by atoms with van der Waals surface area (Å²) < 4.78 is 8.11. The van der Waals surface area contributed by atoms with E-state index in [9.17, 15) is 4.79 Å². The second-order valence-electron chi connectivity index (χ2n) is 6.74. The summed E-state index contributed by atoms with van der Waals surface area (Å²) >= 11 is 6.17. The van der Waals surface area contributed by atoms with Gasteiger partial charge in [0.2, 0.25) is 5.91 Å². The first kappa shape index (κ1) is 20.2. The first-order chi connectivity index (χ1) is 13.6. The Kier molecular flexibility index (Phi) is 7.31. The van der Waals surface area contributed by atoms with Gasteiger partial charge in [-0.05, 0) is 37.1 Å². The van der Waals surface area contributed by atoms with E-state index in [4.69, 9.17) is 21.3 Å². The molecule has 0 aliphatic heterocycles. The lowest BCUT2D eigenvalue weighted by atomic mass is 10.2. The number of unbranched alkanes of at least 4 members (excludes halogenated alkanes) is 2. The summed E-state index contributed by atoms with van der Waals surface area (Å²) in [6.07, 6.45) is 3.98. The highest BCUT2D eigenvalue weighted by atomic mass is 35.5. The molecule has 0 unspecified atom stereocenters. The molecule has 1 aromatic heterocycles. The molecule has 1 amide bonds. The van der Waals surface area contributed by atoms with Gasteiger partial charge in [-0.25, -0.2) is 4.98 Å². The molecule has 0 fully saturated rings. The van der Waals surface area contributed by atoms with Gasteiger partial charge >= 0.3 is 0 Å². The third-order valence-corrected chi connectivity index (χ3v) is 4.91. The minimum Gasteiger partial charge on any atom is -0.490 e. The molecule has 0 atom stereocenters. The van der Waals surface area contributed by atoms with Crippen molar-refractivity contribution in [2.75, 3.05) is 13.2 Å². The molecule has 0 aliphatic carbocycles. The molecule has 0 bridgehead atoms. The van der Waals surface area contributed by atoms with Gasteiger partial charge in [0.25, 0.3) is 0 Å². The Morgan fingerprint density at radius 1 is 1.11 bits per heavy atom. The zero-order valence-corrected chi connectivity index (χ0v) is 16.9. The van der Waals surface area contributed by atoms with Crippen LogP contribution in [0.25, 0.3) is 11.0 Å². The van der Waals surface area contributed by atoms with Crippen molar-refractivity contribution in [1.82, 2.24) is 14.9 Å². The predicted octanol–water partition coefficient (Wildman–Crippen LogP) is 4.62. The molecule has 0 saturated carbocycles. The SMILES string of the molecule is CC(=O)NCCCCCc1nc2ccccc2n1CCOc1ccccc1Cl. The average Bonchev–Trinajstić information content (AvgIpc) is 3.03. The van der Waals surface area contributed by atoms with Crippen molar-refractivity contribution in [3.8, 4) is 5.75 Å². The number of nitrogens with zero attached hydrogens (tertiary/aromatic N) is 2. The summed E-state index contributed by atoms with van der Waals surface area (Å²) in [7, 11) is 0. The number of carbonyl (C=O) groups is 1. The third kappa shape index (κ3) is 5.49. The van der Waals surface area contributed by atoms with E-state index in [0.717, 1.165) is 49.1 Å². The summed E-state index contributed by atoms with van der Waals surface area (Å²) in [6, 6.07) is 15.7. The van der Waals surface area contributed by atoms with E-state index in [0.29, 0.717) is 23.9 Å². The van der Waals surface area contributed by atoms with E-state index in [2.05, 4.69) is 16.0 Å². The van der Waals surface area contributed by atoms with Crippen LogP contribution in [-0.2, 0) is 17.8 Å². The second-order valence-corrected chi connectivity index (χ2v) is 7.15. The number of aromatic nitrogens is 2. The van der Waals surface area contributed by atoms with Gasteiger partial charge in [0.1, 0.15) is 18.2 Å². The summed E-state index contributed by atoms with van der Waals surface area (Å²) in [4.78, 5) is 15.7. The monoisotopic (exact) mass is 399 g/mol. The number of rotatable bonds is 10. The Labute approximate surface area is 170 Å². The average molecular weight is 400 g/mol. The van der Waals surface area contributed by atoms with Crippen LogP contribution in [0, 0.1) is 0 Å². The zero-order valence-electron chi connectivity index (χ0n) is 16.2. The molecule has 28 heavy (non-hydrogen) atoms. The molecular formula is C22H26ClN3O2. The summed E-state index contributed by atoms with van der Waals surface area (Å²) in [6.45, 7) is 3.52. The third-order valence-electron chi connectivity index (χ3n) is 4.59. The van der Waals surface area contributed by atoms with Crippen LogP contribution in [0.2, 0.25) is 5.02 Å². The lowest BCUT2D eigenvalue weighted by Crippen LogP contribution is -2.20. The van der Waals surface area contributed by atoms with E-state index >= 15 is 0 Å². The molecule has 0 spiro atoms. The van der Waals surface area contributed by atoms with Crippen LogP contribution < -0.4 is 10.1 Å². The van der Waals surface area contributed by atoms with Crippen molar-refractivity contribution < 1.29 is 9.53 Å². The van der Waals surface area contributed by atoms with Gasteiger partial charge < -0.3 is 14.6 Å². The zero-order chi connectivity index (χ0) is 19.8. The molecule has 1 heterocycles. The molecule has 0 saturated heterocycles. The molecule has 5 nitrogen and oxygen atoms in total. The molecule has 148 valence electrons. The van der Waals surface area contributed by atoms with Crippen LogP contribution in [0.5, 0.6) is 5.75 Å². The van der Waals surface area contributed by atoms with Crippen LogP contribution in [0.15, 0.2) is 48.5 Å².